The molecule has 156 valence electrons. The van der Waals surface area contributed by atoms with Crippen LogP contribution < -0.4 is 18.9 Å². The summed E-state index contributed by atoms with van der Waals surface area (Å²) in [5.41, 5.74) is 4.46. The average molecular weight is 412 g/mol. The van der Waals surface area contributed by atoms with Gasteiger partial charge in [0.15, 0.2) is 11.5 Å². The van der Waals surface area contributed by atoms with E-state index in [0.29, 0.717) is 17.2 Å². The summed E-state index contributed by atoms with van der Waals surface area (Å²) in [5, 5.41) is 2.06. The molecule has 0 saturated carbocycles. The molecule has 0 radical (unpaired) electrons. The number of hydrogen-bond donors (Lipinski definition) is 0. The highest BCUT2D eigenvalue weighted by atomic mass is 16.5. The predicted octanol–water partition coefficient (Wildman–Crippen LogP) is 6.21. The third kappa shape index (κ3) is 3.15. The van der Waals surface area contributed by atoms with E-state index in [9.17, 15) is 0 Å². The molecule has 0 aliphatic carbocycles. The molecule has 1 heterocycles. The molecule has 1 aliphatic rings. The fourth-order valence-corrected chi connectivity index (χ4v) is 4.48. The molecule has 4 aromatic carbocycles. The molecule has 1 aliphatic heterocycles. The summed E-state index contributed by atoms with van der Waals surface area (Å²) in [6.45, 7) is 0. The molecule has 0 saturated heterocycles. The molecule has 0 aromatic heterocycles. The van der Waals surface area contributed by atoms with Crippen LogP contribution >= 0.6 is 0 Å². The number of fused-ring (bicyclic) bond motifs is 3. The maximum Gasteiger partial charge on any atom is 0.203 e. The topological polar surface area (TPSA) is 36.9 Å². The van der Waals surface area contributed by atoms with Crippen molar-refractivity contribution < 1.29 is 18.9 Å². The van der Waals surface area contributed by atoms with Gasteiger partial charge in [-0.1, -0.05) is 60.7 Å². The number of rotatable bonds is 5. The monoisotopic (exact) mass is 412 g/mol. The SMILES string of the molecule is COc1cc2c3c(cc(-c4ccccc4)c2c(OC)c1OC)OC(c1ccccc1)C3. The zero-order valence-electron chi connectivity index (χ0n) is 17.8. The van der Waals surface area contributed by atoms with Crippen LogP contribution in [-0.4, -0.2) is 21.3 Å². The molecular weight excluding hydrogens is 388 g/mol. The number of ether oxygens (including phenoxy) is 4. The van der Waals surface area contributed by atoms with Gasteiger partial charge < -0.3 is 18.9 Å². The lowest BCUT2D eigenvalue weighted by atomic mass is 9.91. The lowest BCUT2D eigenvalue weighted by Gasteiger charge is -2.19. The Hall–Kier alpha value is -3.66. The van der Waals surface area contributed by atoms with Crippen LogP contribution in [0.2, 0.25) is 0 Å². The maximum absolute atomic E-state index is 6.45. The summed E-state index contributed by atoms with van der Waals surface area (Å²) in [4.78, 5) is 0. The highest BCUT2D eigenvalue weighted by Crippen LogP contribution is 2.52. The van der Waals surface area contributed by atoms with Gasteiger partial charge in [-0.2, -0.15) is 0 Å². The molecule has 0 amide bonds. The molecule has 31 heavy (non-hydrogen) atoms. The zero-order valence-corrected chi connectivity index (χ0v) is 17.8. The first-order valence-corrected chi connectivity index (χ1v) is 10.3. The van der Waals surface area contributed by atoms with Crippen LogP contribution in [0, 0.1) is 0 Å². The third-order valence-corrected chi connectivity index (χ3v) is 5.91. The molecule has 0 N–H and O–H groups in total. The summed E-state index contributed by atoms with van der Waals surface area (Å²) < 4.78 is 23.7. The van der Waals surface area contributed by atoms with E-state index in [1.807, 2.05) is 42.5 Å². The van der Waals surface area contributed by atoms with E-state index in [0.717, 1.165) is 39.6 Å². The van der Waals surface area contributed by atoms with Crippen molar-refractivity contribution in [1.29, 1.82) is 0 Å². The second kappa shape index (κ2) is 7.88. The van der Waals surface area contributed by atoms with Crippen molar-refractivity contribution >= 4 is 10.8 Å². The van der Waals surface area contributed by atoms with Gasteiger partial charge in [0.1, 0.15) is 11.9 Å². The van der Waals surface area contributed by atoms with E-state index in [4.69, 9.17) is 18.9 Å². The Balaban J connectivity index is 1.81. The second-order valence-corrected chi connectivity index (χ2v) is 7.56. The standard InChI is InChI=1S/C27H24O4/c1-28-24-16-21-20-15-22(18-12-8-5-9-13-18)31-23(20)14-19(17-10-6-4-7-11-17)25(21)27(30-3)26(24)29-2/h4-14,16,22H,15H2,1-3H3. The Labute approximate surface area is 182 Å². The van der Waals surface area contributed by atoms with Crippen LogP contribution in [0.4, 0.5) is 0 Å². The van der Waals surface area contributed by atoms with Gasteiger partial charge in [0.2, 0.25) is 5.75 Å². The molecular formula is C27H24O4. The molecule has 1 unspecified atom stereocenters. The minimum atomic E-state index is -0.0236. The quantitative estimate of drug-likeness (QED) is 0.391. The van der Waals surface area contributed by atoms with Crippen molar-refractivity contribution in [3.63, 3.8) is 0 Å². The smallest absolute Gasteiger partial charge is 0.203 e. The Morgan fingerprint density at radius 2 is 1.45 bits per heavy atom. The summed E-state index contributed by atoms with van der Waals surface area (Å²) in [7, 11) is 4.95. The van der Waals surface area contributed by atoms with Crippen LogP contribution in [0.15, 0.2) is 72.8 Å². The lowest BCUT2D eigenvalue weighted by Crippen LogP contribution is -2.02. The molecule has 4 nitrogen and oxygen atoms in total. The van der Waals surface area contributed by atoms with Crippen LogP contribution in [0.3, 0.4) is 0 Å². The van der Waals surface area contributed by atoms with Gasteiger partial charge in [0.25, 0.3) is 0 Å². The van der Waals surface area contributed by atoms with E-state index < -0.39 is 0 Å². The molecule has 0 fully saturated rings. The van der Waals surface area contributed by atoms with Crippen molar-refractivity contribution in [3.05, 3.63) is 83.9 Å². The largest absolute Gasteiger partial charge is 0.493 e. The first-order valence-electron chi connectivity index (χ1n) is 10.3. The highest BCUT2D eigenvalue weighted by molar-refractivity contribution is 6.06. The summed E-state index contributed by atoms with van der Waals surface area (Å²) in [6, 6.07) is 24.8. The Bertz CT molecular complexity index is 1230. The Morgan fingerprint density at radius 3 is 2.10 bits per heavy atom. The first-order chi connectivity index (χ1) is 15.2. The predicted molar refractivity (Wildman–Crippen MR) is 123 cm³/mol. The minimum absolute atomic E-state index is 0.0236. The van der Waals surface area contributed by atoms with Gasteiger partial charge in [-0.25, -0.2) is 0 Å². The fraction of sp³-hybridized carbons (Fsp3) is 0.185. The van der Waals surface area contributed by atoms with Crippen molar-refractivity contribution in [3.8, 4) is 34.1 Å². The van der Waals surface area contributed by atoms with Crippen molar-refractivity contribution in [2.75, 3.05) is 21.3 Å². The van der Waals surface area contributed by atoms with Crippen LogP contribution in [0.25, 0.3) is 21.9 Å². The van der Waals surface area contributed by atoms with Crippen molar-refractivity contribution in [1.82, 2.24) is 0 Å². The molecule has 0 bridgehead atoms. The van der Waals surface area contributed by atoms with Crippen LogP contribution in [0.5, 0.6) is 23.0 Å². The van der Waals surface area contributed by atoms with Crippen molar-refractivity contribution in [2.45, 2.75) is 12.5 Å². The van der Waals surface area contributed by atoms with Crippen molar-refractivity contribution in [2.24, 2.45) is 0 Å². The highest BCUT2D eigenvalue weighted by Gasteiger charge is 2.30. The summed E-state index contributed by atoms with van der Waals surface area (Å²) in [6.07, 6.45) is 0.758. The van der Waals surface area contributed by atoms with Gasteiger partial charge >= 0.3 is 0 Å². The third-order valence-electron chi connectivity index (χ3n) is 5.91. The maximum atomic E-state index is 6.45. The lowest BCUT2D eigenvalue weighted by molar-refractivity contribution is 0.239. The summed E-state index contributed by atoms with van der Waals surface area (Å²) >= 11 is 0. The fourth-order valence-electron chi connectivity index (χ4n) is 4.48. The van der Waals surface area contributed by atoms with Crippen LogP contribution in [0.1, 0.15) is 17.2 Å². The Morgan fingerprint density at radius 1 is 0.774 bits per heavy atom. The van der Waals surface area contributed by atoms with Gasteiger partial charge in [-0.3, -0.25) is 0 Å². The van der Waals surface area contributed by atoms with E-state index in [1.54, 1.807) is 21.3 Å². The van der Waals surface area contributed by atoms with Gasteiger partial charge in [-0.05, 0) is 34.2 Å². The number of methoxy groups -OCH3 is 3. The Kier molecular flexibility index (Phi) is 4.91. The average Bonchev–Trinajstić information content (AvgIpc) is 3.27. The normalized spacial score (nSPS) is 14.7. The number of benzene rings is 4. The van der Waals surface area contributed by atoms with Gasteiger partial charge in [-0.15, -0.1) is 0 Å². The summed E-state index contributed by atoms with van der Waals surface area (Å²) in [5.74, 6) is 2.80. The molecule has 0 spiro atoms. The van der Waals surface area contributed by atoms with E-state index >= 15 is 0 Å². The molecule has 4 heteroatoms. The van der Waals surface area contributed by atoms with Gasteiger partial charge in [0, 0.05) is 17.4 Å². The zero-order chi connectivity index (χ0) is 21.4. The van der Waals surface area contributed by atoms with Crippen LogP contribution in [-0.2, 0) is 6.42 Å². The second-order valence-electron chi connectivity index (χ2n) is 7.56. The number of hydrogen-bond acceptors (Lipinski definition) is 4. The molecule has 1 atom stereocenters. The first kappa shape index (κ1) is 19.3. The van der Waals surface area contributed by atoms with E-state index in [-0.39, 0.29) is 6.10 Å². The molecule has 4 aromatic rings. The van der Waals surface area contributed by atoms with Gasteiger partial charge in [0.05, 0.1) is 21.3 Å². The molecule has 5 rings (SSSR count). The van der Waals surface area contributed by atoms with E-state index in [1.165, 1.54) is 5.56 Å². The minimum Gasteiger partial charge on any atom is -0.493 e. The van der Waals surface area contributed by atoms with E-state index in [2.05, 4.69) is 30.3 Å².